The van der Waals surface area contributed by atoms with E-state index in [0.717, 1.165) is 6.42 Å². The number of nitrogen functional groups attached to an aromatic ring is 2. The van der Waals surface area contributed by atoms with Crippen molar-refractivity contribution in [1.29, 1.82) is 5.26 Å². The fourth-order valence-corrected chi connectivity index (χ4v) is 1.96. The molecule has 0 aliphatic carbocycles. The van der Waals surface area contributed by atoms with Crippen LogP contribution in [0, 0.1) is 11.3 Å². The SMILES string of the molecule is CCCOc1ccc(-c2nc(N)nc(N)c2C#N)cc1OC. The average molecular weight is 299 g/mol. The largest absolute Gasteiger partial charge is 0.493 e. The standard InChI is InChI=1S/C15H17N5O2/c1-3-6-22-11-5-4-9(7-12(11)21-2)13-10(8-16)14(17)20-15(18)19-13/h4-5,7H,3,6H2,1-2H3,(H4,17,18,19,20). The molecule has 114 valence electrons. The third-order valence-electron chi connectivity index (χ3n) is 2.96. The van der Waals surface area contributed by atoms with E-state index in [9.17, 15) is 5.26 Å². The van der Waals surface area contributed by atoms with E-state index in [0.29, 0.717) is 29.4 Å². The molecular weight excluding hydrogens is 282 g/mol. The maximum absolute atomic E-state index is 9.24. The smallest absolute Gasteiger partial charge is 0.222 e. The molecule has 0 aliphatic heterocycles. The molecule has 0 saturated heterocycles. The quantitative estimate of drug-likeness (QED) is 0.865. The summed E-state index contributed by atoms with van der Waals surface area (Å²) in [7, 11) is 1.55. The third-order valence-corrected chi connectivity index (χ3v) is 2.96. The van der Waals surface area contributed by atoms with Crippen LogP contribution < -0.4 is 20.9 Å². The maximum atomic E-state index is 9.24. The van der Waals surface area contributed by atoms with E-state index in [1.54, 1.807) is 25.3 Å². The first-order chi connectivity index (χ1) is 10.6. The highest BCUT2D eigenvalue weighted by atomic mass is 16.5. The number of rotatable bonds is 5. The lowest BCUT2D eigenvalue weighted by Gasteiger charge is -2.12. The Labute approximate surface area is 128 Å². The molecule has 0 aliphatic rings. The highest BCUT2D eigenvalue weighted by Gasteiger charge is 2.15. The summed E-state index contributed by atoms with van der Waals surface area (Å²) in [6, 6.07) is 7.26. The highest BCUT2D eigenvalue weighted by Crippen LogP contribution is 2.34. The number of nitrogens with zero attached hydrogens (tertiary/aromatic N) is 3. The second kappa shape index (κ2) is 6.63. The molecule has 0 saturated carbocycles. The minimum Gasteiger partial charge on any atom is -0.493 e. The monoisotopic (exact) mass is 299 g/mol. The summed E-state index contributed by atoms with van der Waals surface area (Å²) in [4.78, 5) is 7.91. The fraction of sp³-hybridized carbons (Fsp3) is 0.267. The van der Waals surface area contributed by atoms with Gasteiger partial charge in [-0.05, 0) is 24.6 Å². The average Bonchev–Trinajstić information content (AvgIpc) is 2.52. The lowest BCUT2D eigenvalue weighted by Crippen LogP contribution is -2.05. The highest BCUT2D eigenvalue weighted by molar-refractivity contribution is 5.74. The van der Waals surface area contributed by atoms with Gasteiger partial charge in [0.2, 0.25) is 5.95 Å². The van der Waals surface area contributed by atoms with Gasteiger partial charge in [0.1, 0.15) is 17.5 Å². The maximum Gasteiger partial charge on any atom is 0.222 e. The van der Waals surface area contributed by atoms with Crippen molar-refractivity contribution in [3.8, 4) is 28.8 Å². The van der Waals surface area contributed by atoms with Crippen molar-refractivity contribution in [2.24, 2.45) is 0 Å². The number of aromatic nitrogens is 2. The van der Waals surface area contributed by atoms with Crippen molar-refractivity contribution in [2.75, 3.05) is 25.2 Å². The van der Waals surface area contributed by atoms with Crippen LogP contribution in [-0.4, -0.2) is 23.7 Å². The predicted molar refractivity (Wildman–Crippen MR) is 83.3 cm³/mol. The molecule has 0 atom stereocenters. The zero-order valence-electron chi connectivity index (χ0n) is 12.5. The molecule has 2 rings (SSSR count). The van der Waals surface area contributed by atoms with E-state index in [4.69, 9.17) is 20.9 Å². The molecule has 0 amide bonds. The topological polar surface area (TPSA) is 120 Å². The molecular formula is C15H17N5O2. The van der Waals surface area contributed by atoms with E-state index in [1.165, 1.54) is 0 Å². The zero-order chi connectivity index (χ0) is 16.1. The Morgan fingerprint density at radius 3 is 2.64 bits per heavy atom. The minimum atomic E-state index is 0.0109. The third kappa shape index (κ3) is 3.01. The molecule has 0 bridgehead atoms. The molecule has 0 spiro atoms. The first-order valence-corrected chi connectivity index (χ1v) is 6.75. The predicted octanol–water partition coefficient (Wildman–Crippen LogP) is 1.98. The number of nitrogens with two attached hydrogens (primary N) is 2. The number of anilines is 2. The first-order valence-electron chi connectivity index (χ1n) is 6.75. The number of hydrogen-bond donors (Lipinski definition) is 2. The molecule has 22 heavy (non-hydrogen) atoms. The van der Waals surface area contributed by atoms with Gasteiger partial charge in [-0.15, -0.1) is 0 Å². The Morgan fingerprint density at radius 1 is 1.23 bits per heavy atom. The second-order valence-electron chi connectivity index (χ2n) is 4.52. The Morgan fingerprint density at radius 2 is 2.00 bits per heavy atom. The van der Waals surface area contributed by atoms with Crippen LogP contribution in [-0.2, 0) is 0 Å². The van der Waals surface area contributed by atoms with Crippen molar-refractivity contribution in [3.05, 3.63) is 23.8 Å². The van der Waals surface area contributed by atoms with Gasteiger partial charge in [-0.2, -0.15) is 10.2 Å². The van der Waals surface area contributed by atoms with Gasteiger partial charge in [0.05, 0.1) is 19.4 Å². The van der Waals surface area contributed by atoms with Gasteiger partial charge >= 0.3 is 0 Å². The molecule has 4 N–H and O–H groups in total. The van der Waals surface area contributed by atoms with Gasteiger partial charge in [-0.3, -0.25) is 0 Å². The summed E-state index contributed by atoms with van der Waals surface area (Å²) in [5, 5.41) is 9.24. The lowest BCUT2D eigenvalue weighted by molar-refractivity contribution is 0.294. The number of methoxy groups -OCH3 is 1. The van der Waals surface area contributed by atoms with Crippen LogP contribution in [0.5, 0.6) is 11.5 Å². The molecule has 0 fully saturated rings. The molecule has 1 aromatic heterocycles. The lowest BCUT2D eigenvalue weighted by atomic mass is 10.1. The minimum absolute atomic E-state index is 0.0109. The van der Waals surface area contributed by atoms with Crippen LogP contribution in [0.3, 0.4) is 0 Å². The van der Waals surface area contributed by atoms with Gasteiger partial charge in [0, 0.05) is 5.56 Å². The van der Waals surface area contributed by atoms with Gasteiger partial charge in [-0.1, -0.05) is 6.92 Å². The Hall–Kier alpha value is -3.01. The van der Waals surface area contributed by atoms with Gasteiger partial charge in [0.15, 0.2) is 11.5 Å². The molecule has 7 heteroatoms. The van der Waals surface area contributed by atoms with Gasteiger partial charge < -0.3 is 20.9 Å². The van der Waals surface area contributed by atoms with Crippen LogP contribution in [0.25, 0.3) is 11.3 Å². The van der Waals surface area contributed by atoms with E-state index in [-0.39, 0.29) is 17.3 Å². The van der Waals surface area contributed by atoms with E-state index < -0.39 is 0 Å². The summed E-state index contributed by atoms with van der Waals surface area (Å²) in [5.74, 6) is 1.24. The van der Waals surface area contributed by atoms with Gasteiger partial charge in [0.25, 0.3) is 0 Å². The van der Waals surface area contributed by atoms with Crippen molar-refractivity contribution < 1.29 is 9.47 Å². The Kier molecular flexibility index (Phi) is 4.63. The number of nitriles is 1. The molecule has 0 unspecified atom stereocenters. The summed E-state index contributed by atoms with van der Waals surface area (Å²) in [5.41, 5.74) is 12.5. The first kappa shape index (κ1) is 15.4. The summed E-state index contributed by atoms with van der Waals surface area (Å²) in [6.07, 6.45) is 0.891. The normalized spacial score (nSPS) is 10.0. The van der Waals surface area contributed by atoms with Crippen molar-refractivity contribution in [2.45, 2.75) is 13.3 Å². The van der Waals surface area contributed by atoms with Crippen LogP contribution >= 0.6 is 0 Å². The Balaban J connectivity index is 2.52. The van der Waals surface area contributed by atoms with E-state index in [1.807, 2.05) is 13.0 Å². The molecule has 1 aromatic carbocycles. The molecule has 0 radical (unpaired) electrons. The summed E-state index contributed by atoms with van der Waals surface area (Å²) in [6.45, 7) is 2.61. The van der Waals surface area contributed by atoms with E-state index in [2.05, 4.69) is 9.97 Å². The van der Waals surface area contributed by atoms with Crippen LogP contribution in [0.4, 0.5) is 11.8 Å². The van der Waals surface area contributed by atoms with E-state index >= 15 is 0 Å². The van der Waals surface area contributed by atoms with Crippen LogP contribution in [0.15, 0.2) is 18.2 Å². The number of ether oxygens (including phenoxy) is 2. The Bertz CT molecular complexity index is 725. The van der Waals surface area contributed by atoms with Gasteiger partial charge in [-0.25, -0.2) is 4.98 Å². The van der Waals surface area contributed by atoms with Crippen LogP contribution in [0.2, 0.25) is 0 Å². The number of hydrogen-bond acceptors (Lipinski definition) is 7. The zero-order valence-corrected chi connectivity index (χ0v) is 12.5. The molecule has 7 nitrogen and oxygen atoms in total. The van der Waals surface area contributed by atoms with Crippen molar-refractivity contribution in [3.63, 3.8) is 0 Å². The molecule has 1 heterocycles. The van der Waals surface area contributed by atoms with Crippen molar-refractivity contribution >= 4 is 11.8 Å². The number of benzene rings is 1. The van der Waals surface area contributed by atoms with Crippen molar-refractivity contribution in [1.82, 2.24) is 9.97 Å². The van der Waals surface area contributed by atoms with Crippen LogP contribution in [0.1, 0.15) is 18.9 Å². The second-order valence-corrected chi connectivity index (χ2v) is 4.52. The summed E-state index contributed by atoms with van der Waals surface area (Å²) >= 11 is 0. The fourth-order valence-electron chi connectivity index (χ4n) is 1.96. The molecule has 2 aromatic rings. The summed E-state index contributed by atoms with van der Waals surface area (Å²) < 4.78 is 10.9.